The number of phenolic OH excluding ortho intramolecular Hbond substituents is 1. The quantitative estimate of drug-likeness (QED) is 0.896. The Bertz CT molecular complexity index is 501. The van der Waals surface area contributed by atoms with Gasteiger partial charge in [-0.2, -0.15) is 0 Å². The number of carbonyl (C=O) groups excluding carboxylic acids is 1. The second kappa shape index (κ2) is 5.02. The van der Waals surface area contributed by atoms with Gasteiger partial charge < -0.3 is 15.2 Å². The van der Waals surface area contributed by atoms with E-state index in [9.17, 15) is 9.90 Å². The fourth-order valence-electron chi connectivity index (χ4n) is 2.46. The molecule has 0 aromatic heterocycles. The van der Waals surface area contributed by atoms with Crippen molar-refractivity contribution < 1.29 is 14.6 Å². The van der Waals surface area contributed by atoms with E-state index in [-0.39, 0.29) is 34.8 Å². The van der Waals surface area contributed by atoms with E-state index >= 15 is 0 Å². The first kappa shape index (κ1) is 14.2. The number of aromatic hydroxyl groups is 1. The minimum absolute atomic E-state index is 0.0417. The third-order valence-electron chi connectivity index (χ3n) is 3.97. The molecule has 1 aliphatic rings. The molecular formula is C14H18ClNO3. The molecule has 5 heteroatoms. The molecule has 0 bridgehead atoms. The van der Waals surface area contributed by atoms with E-state index < -0.39 is 0 Å². The smallest absolute Gasteiger partial charge is 0.255 e. The number of amides is 1. The fourth-order valence-corrected chi connectivity index (χ4v) is 2.63. The van der Waals surface area contributed by atoms with Crippen molar-refractivity contribution in [1.29, 1.82) is 0 Å². The summed E-state index contributed by atoms with van der Waals surface area (Å²) >= 11 is 5.74. The molecular weight excluding hydrogens is 266 g/mol. The highest BCUT2D eigenvalue weighted by Gasteiger charge is 2.49. The van der Waals surface area contributed by atoms with Gasteiger partial charge in [-0.05, 0) is 24.6 Å². The van der Waals surface area contributed by atoms with Crippen LogP contribution in [0.5, 0.6) is 5.75 Å². The first-order valence-electron chi connectivity index (χ1n) is 6.18. The van der Waals surface area contributed by atoms with Crippen LogP contribution in [-0.4, -0.2) is 30.3 Å². The highest BCUT2D eigenvalue weighted by Crippen LogP contribution is 2.42. The van der Waals surface area contributed by atoms with E-state index in [0.717, 1.165) is 6.42 Å². The Morgan fingerprint density at radius 1 is 1.53 bits per heavy atom. The zero-order chi connectivity index (χ0) is 14.2. The lowest BCUT2D eigenvalue weighted by Crippen LogP contribution is -2.61. The number of ether oxygens (including phenoxy) is 1. The molecule has 2 N–H and O–H groups in total. The summed E-state index contributed by atoms with van der Waals surface area (Å²) in [5.41, 5.74) is 0.132. The fraction of sp³-hybridized carbons (Fsp3) is 0.500. The van der Waals surface area contributed by atoms with Crippen molar-refractivity contribution >= 4 is 17.5 Å². The molecule has 1 fully saturated rings. The first-order chi connectivity index (χ1) is 8.86. The molecule has 1 aliphatic carbocycles. The highest BCUT2D eigenvalue weighted by atomic mass is 35.5. The summed E-state index contributed by atoms with van der Waals surface area (Å²) in [6, 6.07) is 4.51. The van der Waals surface area contributed by atoms with E-state index in [1.165, 1.54) is 12.1 Å². The van der Waals surface area contributed by atoms with Crippen molar-refractivity contribution in [3.63, 3.8) is 0 Å². The summed E-state index contributed by atoms with van der Waals surface area (Å²) in [6.45, 7) is 4.11. The van der Waals surface area contributed by atoms with Crippen molar-refractivity contribution in [2.24, 2.45) is 5.41 Å². The van der Waals surface area contributed by atoms with Crippen molar-refractivity contribution in [1.82, 2.24) is 5.32 Å². The number of hydrogen-bond donors (Lipinski definition) is 2. The molecule has 1 aromatic carbocycles. The van der Waals surface area contributed by atoms with Crippen molar-refractivity contribution in [3.05, 3.63) is 28.8 Å². The molecule has 104 valence electrons. The molecule has 1 aromatic rings. The Labute approximate surface area is 117 Å². The van der Waals surface area contributed by atoms with Crippen LogP contribution in [0.3, 0.4) is 0 Å². The molecule has 0 heterocycles. The SMILES string of the molecule is COC1CC(NC(=O)c2ccc(Cl)cc2O)C1(C)C. The predicted molar refractivity (Wildman–Crippen MR) is 73.6 cm³/mol. The van der Waals surface area contributed by atoms with Gasteiger partial charge in [-0.15, -0.1) is 0 Å². The lowest BCUT2D eigenvalue weighted by atomic mass is 9.64. The lowest BCUT2D eigenvalue weighted by Gasteiger charge is -2.51. The van der Waals surface area contributed by atoms with Crippen LogP contribution in [-0.2, 0) is 4.74 Å². The van der Waals surface area contributed by atoms with Crippen LogP contribution < -0.4 is 5.32 Å². The Kier molecular flexibility index (Phi) is 3.74. The molecule has 0 saturated heterocycles. The number of hydrogen-bond acceptors (Lipinski definition) is 3. The van der Waals surface area contributed by atoms with Gasteiger partial charge in [0.2, 0.25) is 0 Å². The third-order valence-corrected chi connectivity index (χ3v) is 4.21. The number of carbonyl (C=O) groups is 1. The minimum Gasteiger partial charge on any atom is -0.507 e. The average Bonchev–Trinajstić information content (AvgIpc) is 2.33. The molecule has 2 rings (SSSR count). The Balaban J connectivity index is 2.07. The summed E-state index contributed by atoms with van der Waals surface area (Å²) < 4.78 is 5.34. The maximum Gasteiger partial charge on any atom is 0.255 e. The standard InChI is InChI=1S/C14H18ClNO3/c1-14(2)11(7-12(14)19-3)16-13(18)9-5-4-8(15)6-10(9)17/h4-6,11-12,17H,7H2,1-3H3,(H,16,18). The second-order valence-electron chi connectivity index (χ2n) is 5.47. The number of nitrogens with one attached hydrogen (secondary N) is 1. The molecule has 0 spiro atoms. The Morgan fingerprint density at radius 3 is 2.74 bits per heavy atom. The van der Waals surface area contributed by atoms with Gasteiger partial charge in [-0.25, -0.2) is 0 Å². The molecule has 4 nitrogen and oxygen atoms in total. The van der Waals surface area contributed by atoms with E-state index in [0.29, 0.717) is 5.02 Å². The number of phenols is 1. The molecule has 19 heavy (non-hydrogen) atoms. The van der Waals surface area contributed by atoms with Crippen molar-refractivity contribution in [3.8, 4) is 5.75 Å². The zero-order valence-electron chi connectivity index (χ0n) is 11.2. The molecule has 1 saturated carbocycles. The normalized spacial score (nSPS) is 24.6. The van der Waals surface area contributed by atoms with E-state index in [2.05, 4.69) is 19.2 Å². The molecule has 2 unspecified atom stereocenters. The maximum absolute atomic E-state index is 12.1. The van der Waals surface area contributed by atoms with E-state index in [1.807, 2.05) is 0 Å². The molecule has 0 radical (unpaired) electrons. The summed E-state index contributed by atoms with van der Waals surface area (Å²) in [7, 11) is 1.68. The van der Waals surface area contributed by atoms with Crippen LogP contribution in [0.1, 0.15) is 30.6 Å². The van der Waals surface area contributed by atoms with Gasteiger partial charge in [0.25, 0.3) is 5.91 Å². The zero-order valence-corrected chi connectivity index (χ0v) is 12.0. The average molecular weight is 284 g/mol. The molecule has 2 atom stereocenters. The summed E-state index contributed by atoms with van der Waals surface area (Å²) in [6.07, 6.45) is 0.931. The van der Waals surface area contributed by atoms with Crippen LogP contribution in [0, 0.1) is 5.41 Å². The summed E-state index contributed by atoms with van der Waals surface area (Å²) in [4.78, 5) is 12.1. The molecule has 1 amide bonds. The van der Waals surface area contributed by atoms with Crippen LogP contribution in [0.4, 0.5) is 0 Å². The van der Waals surface area contributed by atoms with Crippen LogP contribution in [0.2, 0.25) is 5.02 Å². The topological polar surface area (TPSA) is 58.6 Å². The van der Waals surface area contributed by atoms with E-state index in [1.54, 1.807) is 13.2 Å². The van der Waals surface area contributed by atoms with E-state index in [4.69, 9.17) is 16.3 Å². The van der Waals surface area contributed by atoms with Gasteiger partial charge in [0, 0.05) is 23.6 Å². The minimum atomic E-state index is -0.290. The summed E-state index contributed by atoms with van der Waals surface area (Å²) in [5, 5.41) is 13.0. The van der Waals surface area contributed by atoms with Gasteiger partial charge in [-0.1, -0.05) is 25.4 Å². The van der Waals surface area contributed by atoms with Gasteiger partial charge in [0.05, 0.1) is 11.7 Å². The van der Waals surface area contributed by atoms with Crippen LogP contribution >= 0.6 is 11.6 Å². The Hall–Kier alpha value is -1.26. The Morgan fingerprint density at radius 2 is 2.21 bits per heavy atom. The summed E-state index contributed by atoms with van der Waals surface area (Å²) in [5.74, 6) is -0.396. The number of methoxy groups -OCH3 is 1. The number of rotatable bonds is 3. The largest absolute Gasteiger partial charge is 0.507 e. The second-order valence-corrected chi connectivity index (χ2v) is 5.91. The molecule has 0 aliphatic heterocycles. The third kappa shape index (κ3) is 2.55. The van der Waals surface area contributed by atoms with Gasteiger partial charge in [-0.3, -0.25) is 4.79 Å². The van der Waals surface area contributed by atoms with Gasteiger partial charge >= 0.3 is 0 Å². The van der Waals surface area contributed by atoms with Crippen LogP contribution in [0.25, 0.3) is 0 Å². The monoisotopic (exact) mass is 283 g/mol. The highest BCUT2D eigenvalue weighted by molar-refractivity contribution is 6.30. The first-order valence-corrected chi connectivity index (χ1v) is 6.56. The van der Waals surface area contributed by atoms with Gasteiger partial charge in [0.15, 0.2) is 0 Å². The maximum atomic E-state index is 12.1. The number of halogens is 1. The van der Waals surface area contributed by atoms with Crippen molar-refractivity contribution in [2.75, 3.05) is 7.11 Å². The number of benzene rings is 1. The van der Waals surface area contributed by atoms with Crippen LogP contribution in [0.15, 0.2) is 18.2 Å². The lowest BCUT2D eigenvalue weighted by molar-refractivity contribution is -0.0942. The van der Waals surface area contributed by atoms with Gasteiger partial charge in [0.1, 0.15) is 5.75 Å². The predicted octanol–water partition coefficient (Wildman–Crippen LogP) is 2.59. The van der Waals surface area contributed by atoms with Crippen molar-refractivity contribution in [2.45, 2.75) is 32.4 Å².